The largest absolute Gasteiger partial charge is 0.328 e. The van der Waals surface area contributed by atoms with E-state index in [1.54, 1.807) is 12.1 Å². The summed E-state index contributed by atoms with van der Waals surface area (Å²) in [6.07, 6.45) is 0. The second kappa shape index (κ2) is 5.09. The molecular weight excluding hydrogens is 329 g/mol. The van der Waals surface area contributed by atoms with E-state index in [0.29, 0.717) is 5.56 Å². The number of benzene rings is 2. The first-order valence-electron chi connectivity index (χ1n) is 6.03. The minimum Gasteiger partial charge on any atom is -0.328 e. The molecule has 0 saturated heterocycles. The van der Waals surface area contributed by atoms with Crippen LogP contribution in [0.2, 0.25) is 0 Å². The molecule has 0 bridgehead atoms. The van der Waals surface area contributed by atoms with Crippen LogP contribution >= 0.6 is 11.6 Å². The molecule has 8 heteroatoms. The number of hydrogen-bond donors (Lipinski definition) is 1. The Morgan fingerprint density at radius 2 is 1.86 bits per heavy atom. The molecule has 3 rings (SSSR count). The Morgan fingerprint density at radius 1 is 1.18 bits per heavy atom. The number of rotatable bonds is 1. The molecule has 22 heavy (non-hydrogen) atoms. The Morgan fingerprint density at radius 3 is 2.59 bits per heavy atom. The van der Waals surface area contributed by atoms with Crippen molar-refractivity contribution in [1.82, 2.24) is 0 Å². The summed E-state index contributed by atoms with van der Waals surface area (Å²) in [6.45, 7) is 0. The second-order valence-corrected chi connectivity index (χ2v) is 6.37. The molecule has 1 heterocycles. The minimum absolute atomic E-state index is 0.0810. The van der Waals surface area contributed by atoms with Crippen LogP contribution in [-0.4, -0.2) is 13.7 Å². The molecule has 0 radical (unpaired) electrons. The van der Waals surface area contributed by atoms with Gasteiger partial charge in [-0.25, -0.2) is 4.39 Å². The maximum Gasteiger partial charge on any atom is 0.287 e. The summed E-state index contributed by atoms with van der Waals surface area (Å²) < 4.78 is 41.2. The van der Waals surface area contributed by atoms with Crippen molar-refractivity contribution in [2.24, 2.45) is 4.40 Å². The highest BCUT2D eigenvalue weighted by molar-refractivity contribution is 7.90. The van der Waals surface area contributed by atoms with Gasteiger partial charge in [-0.1, -0.05) is 24.3 Å². The number of hydrogen-bond acceptors (Lipinski definition) is 4. The zero-order valence-corrected chi connectivity index (χ0v) is 12.4. The molecule has 0 aromatic heterocycles. The molecule has 1 N–H and O–H groups in total. The van der Waals surface area contributed by atoms with Gasteiger partial charge < -0.3 is 5.32 Å². The molecule has 5 nitrogen and oxygen atoms in total. The lowest BCUT2D eigenvalue weighted by Gasteiger charge is -2.19. The lowest BCUT2D eigenvalue weighted by molar-refractivity contribution is 0.598. The molecule has 0 aliphatic carbocycles. The van der Waals surface area contributed by atoms with Crippen molar-refractivity contribution in [2.45, 2.75) is 4.90 Å². The average molecular weight is 336 g/mol. The second-order valence-electron chi connectivity index (χ2n) is 4.44. The Labute approximate surface area is 130 Å². The van der Waals surface area contributed by atoms with Crippen LogP contribution in [0.15, 0.2) is 45.7 Å². The Hall–Kier alpha value is -2.43. The Balaban J connectivity index is 2.35. The van der Waals surface area contributed by atoms with Crippen molar-refractivity contribution in [2.75, 3.05) is 5.32 Å². The first-order valence-corrected chi connectivity index (χ1v) is 7.85. The third kappa shape index (κ3) is 2.22. The van der Waals surface area contributed by atoms with E-state index in [1.165, 1.54) is 24.3 Å². The summed E-state index contributed by atoms with van der Waals surface area (Å²) in [6, 6.07) is 10.4. The topological polar surface area (TPSA) is 82.3 Å². The zero-order valence-electron chi connectivity index (χ0n) is 10.8. The molecule has 0 saturated carbocycles. The number of halogens is 2. The van der Waals surface area contributed by atoms with Gasteiger partial charge in [-0.2, -0.15) is 13.7 Å². The number of para-hydroxylation sites is 1. The van der Waals surface area contributed by atoms with E-state index in [1.807, 2.05) is 0 Å². The summed E-state index contributed by atoms with van der Waals surface area (Å²) in [5.41, 5.74) is 0.622. The number of sulfonamides is 1. The van der Waals surface area contributed by atoms with Crippen molar-refractivity contribution in [3.63, 3.8) is 0 Å². The quantitative estimate of drug-likeness (QED) is 0.812. The van der Waals surface area contributed by atoms with Crippen molar-refractivity contribution in [1.29, 1.82) is 5.26 Å². The molecule has 2 aromatic carbocycles. The van der Waals surface area contributed by atoms with Crippen LogP contribution in [-0.2, 0) is 10.0 Å². The van der Waals surface area contributed by atoms with E-state index in [0.717, 1.165) is 6.07 Å². The Kier molecular flexibility index (Phi) is 3.35. The maximum atomic E-state index is 13.8. The predicted octanol–water partition coefficient (Wildman–Crippen LogP) is 3.07. The van der Waals surface area contributed by atoms with Gasteiger partial charge in [0.25, 0.3) is 10.0 Å². The van der Waals surface area contributed by atoms with Gasteiger partial charge in [-0.15, -0.1) is 4.40 Å². The molecular formula is C14H7ClFN3O2S. The third-order valence-corrected chi connectivity index (χ3v) is 4.75. The number of anilines is 1. The summed E-state index contributed by atoms with van der Waals surface area (Å²) >= 11 is 5.71. The SMILES string of the molecule is N#Cc1c(F)cccc1-c1cccc2c1NC(Cl)=NS2(=O)=O. The van der Waals surface area contributed by atoms with Crippen LogP contribution in [0.3, 0.4) is 0 Å². The lowest BCUT2D eigenvalue weighted by atomic mass is 9.98. The molecule has 0 spiro atoms. The van der Waals surface area contributed by atoms with Crippen molar-refractivity contribution >= 4 is 32.6 Å². The minimum atomic E-state index is -3.93. The highest BCUT2D eigenvalue weighted by atomic mass is 35.5. The van der Waals surface area contributed by atoms with Crippen molar-refractivity contribution in [3.05, 3.63) is 47.8 Å². The van der Waals surface area contributed by atoms with Gasteiger partial charge in [0.05, 0.1) is 11.3 Å². The highest BCUT2D eigenvalue weighted by Crippen LogP contribution is 2.38. The van der Waals surface area contributed by atoms with Gasteiger partial charge >= 0.3 is 0 Å². The van der Waals surface area contributed by atoms with Gasteiger partial charge in [-0.3, -0.25) is 0 Å². The fourth-order valence-electron chi connectivity index (χ4n) is 2.24. The highest BCUT2D eigenvalue weighted by Gasteiger charge is 2.27. The Bertz CT molecular complexity index is 965. The van der Waals surface area contributed by atoms with Crippen LogP contribution in [0, 0.1) is 17.1 Å². The molecule has 0 fully saturated rings. The van der Waals surface area contributed by atoms with Crippen molar-refractivity contribution in [3.8, 4) is 17.2 Å². The predicted molar refractivity (Wildman–Crippen MR) is 80.6 cm³/mol. The van der Waals surface area contributed by atoms with E-state index in [4.69, 9.17) is 16.9 Å². The van der Waals surface area contributed by atoms with Crippen molar-refractivity contribution < 1.29 is 12.8 Å². The fraction of sp³-hybridized carbons (Fsp3) is 0. The van der Waals surface area contributed by atoms with Gasteiger partial charge in [-0.05, 0) is 23.7 Å². The number of nitrogens with one attached hydrogen (secondary N) is 1. The molecule has 2 aromatic rings. The summed E-state index contributed by atoms with van der Waals surface area (Å²) in [4.78, 5) is -0.0810. The standard InChI is InChI=1S/C14H7ClFN3O2S/c15-14-18-13-9(4-2-6-12(13)22(20,21)19-14)8-3-1-5-11(16)10(8)7-17/h1-6H,(H,18,19). The fourth-order valence-corrected chi connectivity index (χ4v) is 3.63. The van der Waals surface area contributed by atoms with Gasteiger partial charge in [0, 0.05) is 11.1 Å². The van der Waals surface area contributed by atoms with Gasteiger partial charge in [0.15, 0.2) is 0 Å². The first-order chi connectivity index (χ1) is 10.4. The normalized spacial score (nSPS) is 15.2. The van der Waals surface area contributed by atoms with Crippen LogP contribution in [0.25, 0.3) is 11.1 Å². The monoisotopic (exact) mass is 335 g/mol. The molecule has 0 unspecified atom stereocenters. The lowest BCUT2D eigenvalue weighted by Crippen LogP contribution is -2.17. The smallest absolute Gasteiger partial charge is 0.287 e. The van der Waals surface area contributed by atoms with E-state index in [9.17, 15) is 12.8 Å². The van der Waals surface area contributed by atoms with E-state index in [-0.39, 0.29) is 27.0 Å². The van der Waals surface area contributed by atoms with Crippen LogP contribution in [0.5, 0.6) is 0 Å². The third-order valence-electron chi connectivity index (χ3n) is 3.15. The zero-order chi connectivity index (χ0) is 15.9. The summed E-state index contributed by atoms with van der Waals surface area (Å²) in [5, 5.41) is 11.5. The molecule has 0 atom stereocenters. The van der Waals surface area contributed by atoms with E-state index in [2.05, 4.69) is 9.71 Å². The summed E-state index contributed by atoms with van der Waals surface area (Å²) in [5.74, 6) is -0.684. The first kappa shape index (κ1) is 14.5. The van der Waals surface area contributed by atoms with Crippen LogP contribution < -0.4 is 5.32 Å². The van der Waals surface area contributed by atoms with Crippen LogP contribution in [0.1, 0.15) is 5.56 Å². The number of fused-ring (bicyclic) bond motifs is 1. The van der Waals surface area contributed by atoms with Gasteiger partial charge in [0.2, 0.25) is 5.29 Å². The maximum absolute atomic E-state index is 13.8. The molecule has 0 amide bonds. The van der Waals surface area contributed by atoms with E-state index >= 15 is 0 Å². The molecule has 1 aliphatic heterocycles. The molecule has 110 valence electrons. The number of amidine groups is 1. The molecule has 1 aliphatic rings. The van der Waals surface area contributed by atoms with Gasteiger partial charge in [0.1, 0.15) is 16.8 Å². The average Bonchev–Trinajstić information content (AvgIpc) is 2.45. The number of nitrogens with zero attached hydrogens (tertiary/aromatic N) is 2. The van der Waals surface area contributed by atoms with Crippen LogP contribution in [0.4, 0.5) is 10.1 Å². The number of nitriles is 1. The summed E-state index contributed by atoms with van der Waals surface area (Å²) in [7, 11) is -3.93. The van der Waals surface area contributed by atoms with E-state index < -0.39 is 15.8 Å².